The molecule has 0 bridgehead atoms. The molecule has 0 saturated heterocycles. The Bertz CT molecular complexity index is 635. The second-order valence-electron chi connectivity index (χ2n) is 4.22. The fourth-order valence-electron chi connectivity index (χ4n) is 1.85. The zero-order valence-electron chi connectivity index (χ0n) is 11.1. The average Bonchev–Trinajstić information content (AvgIpc) is 2.49. The summed E-state index contributed by atoms with van der Waals surface area (Å²) in [5, 5.41) is 8.93. The van der Waals surface area contributed by atoms with Gasteiger partial charge in [0.25, 0.3) is 0 Å². The van der Waals surface area contributed by atoms with Gasteiger partial charge in [-0.3, -0.25) is 0 Å². The molecule has 0 amide bonds. The van der Waals surface area contributed by atoms with Crippen molar-refractivity contribution < 1.29 is 9.47 Å². The molecule has 20 heavy (non-hydrogen) atoms. The first-order chi connectivity index (χ1) is 9.74. The van der Waals surface area contributed by atoms with Crippen LogP contribution < -0.4 is 4.74 Å². The van der Waals surface area contributed by atoms with Gasteiger partial charge in [-0.1, -0.05) is 34.1 Å². The summed E-state index contributed by atoms with van der Waals surface area (Å²) in [6.45, 7) is 0.904. The van der Waals surface area contributed by atoms with Crippen LogP contribution in [0.4, 0.5) is 0 Å². The van der Waals surface area contributed by atoms with Crippen LogP contribution in [0.25, 0.3) is 0 Å². The zero-order chi connectivity index (χ0) is 14.4. The summed E-state index contributed by atoms with van der Waals surface area (Å²) in [4.78, 5) is 0. The number of methoxy groups -OCH3 is 1. The molecular formula is C16H14BrNO2. The molecule has 0 saturated carbocycles. The molecule has 0 spiro atoms. The lowest BCUT2D eigenvalue weighted by Gasteiger charge is -2.10. The topological polar surface area (TPSA) is 42.2 Å². The van der Waals surface area contributed by atoms with Crippen molar-refractivity contribution in [1.29, 1.82) is 5.26 Å². The first kappa shape index (κ1) is 14.6. The number of hydrogen-bond acceptors (Lipinski definition) is 3. The van der Waals surface area contributed by atoms with Crippen molar-refractivity contribution in [3.8, 4) is 11.8 Å². The number of nitriles is 1. The van der Waals surface area contributed by atoms with Gasteiger partial charge in [0.05, 0.1) is 32.0 Å². The van der Waals surface area contributed by atoms with Crippen LogP contribution in [0.2, 0.25) is 0 Å². The lowest BCUT2D eigenvalue weighted by molar-refractivity contribution is 0.105. The van der Waals surface area contributed by atoms with Gasteiger partial charge in [0.2, 0.25) is 0 Å². The van der Waals surface area contributed by atoms with E-state index in [1.54, 1.807) is 25.3 Å². The van der Waals surface area contributed by atoms with Crippen LogP contribution in [0.15, 0.2) is 46.9 Å². The molecule has 0 aliphatic carbocycles. The van der Waals surface area contributed by atoms with Crippen molar-refractivity contribution in [2.24, 2.45) is 0 Å². The molecule has 3 nitrogen and oxygen atoms in total. The Labute approximate surface area is 126 Å². The lowest BCUT2D eigenvalue weighted by Crippen LogP contribution is -1.98. The summed E-state index contributed by atoms with van der Waals surface area (Å²) in [7, 11) is 1.61. The monoisotopic (exact) mass is 331 g/mol. The highest BCUT2D eigenvalue weighted by atomic mass is 79.9. The Morgan fingerprint density at radius 1 is 1.10 bits per heavy atom. The minimum atomic E-state index is 0.403. The largest absolute Gasteiger partial charge is 0.496 e. The van der Waals surface area contributed by atoms with E-state index in [4.69, 9.17) is 14.7 Å². The van der Waals surface area contributed by atoms with E-state index in [2.05, 4.69) is 22.0 Å². The molecule has 0 aromatic heterocycles. The smallest absolute Gasteiger partial charge is 0.124 e. The van der Waals surface area contributed by atoms with Crippen molar-refractivity contribution in [1.82, 2.24) is 0 Å². The average molecular weight is 332 g/mol. The molecule has 0 aliphatic rings. The van der Waals surface area contributed by atoms with Crippen molar-refractivity contribution in [2.75, 3.05) is 7.11 Å². The van der Waals surface area contributed by atoms with Gasteiger partial charge in [-0.15, -0.1) is 0 Å². The van der Waals surface area contributed by atoms with E-state index in [-0.39, 0.29) is 0 Å². The number of benzene rings is 2. The molecule has 2 aromatic carbocycles. The van der Waals surface area contributed by atoms with Crippen LogP contribution in [0.1, 0.15) is 16.7 Å². The van der Waals surface area contributed by atoms with Crippen LogP contribution in [0.3, 0.4) is 0 Å². The van der Waals surface area contributed by atoms with Gasteiger partial charge in [0.15, 0.2) is 0 Å². The van der Waals surface area contributed by atoms with Crippen LogP contribution >= 0.6 is 15.9 Å². The minimum Gasteiger partial charge on any atom is -0.496 e. The van der Waals surface area contributed by atoms with Gasteiger partial charge < -0.3 is 9.47 Å². The highest BCUT2D eigenvalue weighted by Gasteiger charge is 2.06. The Morgan fingerprint density at radius 2 is 1.85 bits per heavy atom. The molecule has 2 rings (SSSR count). The molecule has 102 valence electrons. The van der Waals surface area contributed by atoms with E-state index in [1.807, 2.05) is 24.3 Å². The lowest BCUT2D eigenvalue weighted by atomic mass is 10.1. The van der Waals surface area contributed by atoms with Gasteiger partial charge in [-0.05, 0) is 29.8 Å². The van der Waals surface area contributed by atoms with E-state index >= 15 is 0 Å². The van der Waals surface area contributed by atoms with Gasteiger partial charge in [0.1, 0.15) is 5.75 Å². The van der Waals surface area contributed by atoms with E-state index in [0.717, 1.165) is 21.3 Å². The molecule has 0 fully saturated rings. The number of rotatable bonds is 5. The first-order valence-corrected chi connectivity index (χ1v) is 6.92. The maximum atomic E-state index is 8.93. The predicted octanol–water partition coefficient (Wildman–Crippen LogP) is 4.05. The fraction of sp³-hybridized carbons (Fsp3) is 0.188. The summed E-state index contributed by atoms with van der Waals surface area (Å²) in [6, 6.07) is 15.4. The number of halogens is 1. The summed E-state index contributed by atoms with van der Waals surface area (Å²) >= 11 is 3.49. The molecule has 0 heterocycles. The van der Waals surface area contributed by atoms with Gasteiger partial charge in [-0.25, -0.2) is 0 Å². The van der Waals surface area contributed by atoms with Gasteiger partial charge in [-0.2, -0.15) is 5.26 Å². The Kier molecular flexibility index (Phi) is 5.16. The van der Waals surface area contributed by atoms with E-state index in [1.165, 1.54) is 0 Å². The first-order valence-electron chi connectivity index (χ1n) is 6.12. The molecule has 2 aromatic rings. The molecular weight excluding hydrogens is 318 g/mol. The van der Waals surface area contributed by atoms with Crippen LogP contribution in [0.5, 0.6) is 5.75 Å². The van der Waals surface area contributed by atoms with Crippen LogP contribution in [0, 0.1) is 11.3 Å². The minimum absolute atomic E-state index is 0.403. The third-order valence-corrected chi connectivity index (χ3v) is 3.66. The Balaban J connectivity index is 2.04. The summed E-state index contributed by atoms with van der Waals surface area (Å²) in [6.07, 6.45) is 0. The van der Waals surface area contributed by atoms with Crippen molar-refractivity contribution >= 4 is 15.9 Å². The van der Waals surface area contributed by atoms with Gasteiger partial charge >= 0.3 is 0 Å². The van der Waals surface area contributed by atoms with E-state index in [0.29, 0.717) is 18.8 Å². The third-order valence-electron chi connectivity index (χ3n) is 2.88. The number of nitrogens with zero attached hydrogens (tertiary/aromatic N) is 1. The summed E-state index contributed by atoms with van der Waals surface area (Å²) in [5.41, 5.74) is 2.56. The highest BCUT2D eigenvalue weighted by Crippen LogP contribution is 2.22. The summed E-state index contributed by atoms with van der Waals surface area (Å²) in [5.74, 6) is 0.733. The molecule has 4 heteroatoms. The number of hydrogen-bond donors (Lipinski definition) is 0. The molecule has 0 atom stereocenters. The fourth-order valence-corrected chi connectivity index (χ4v) is 2.25. The normalized spacial score (nSPS) is 10.1. The third kappa shape index (κ3) is 3.60. The maximum Gasteiger partial charge on any atom is 0.124 e. The van der Waals surface area contributed by atoms with Crippen LogP contribution in [-0.4, -0.2) is 7.11 Å². The molecule has 0 N–H and O–H groups in total. The summed E-state index contributed by atoms with van der Waals surface area (Å²) < 4.78 is 12.0. The Hall–Kier alpha value is -1.83. The second-order valence-corrected chi connectivity index (χ2v) is 5.08. The van der Waals surface area contributed by atoms with E-state index < -0.39 is 0 Å². The highest BCUT2D eigenvalue weighted by molar-refractivity contribution is 9.10. The van der Waals surface area contributed by atoms with E-state index in [9.17, 15) is 0 Å². The van der Waals surface area contributed by atoms with Gasteiger partial charge in [0, 0.05) is 10.0 Å². The van der Waals surface area contributed by atoms with Crippen molar-refractivity contribution in [3.05, 3.63) is 63.6 Å². The number of ether oxygens (including phenoxy) is 2. The molecule has 0 aliphatic heterocycles. The SMILES string of the molecule is COc1ccc(C#N)cc1COCc1ccccc1Br. The quantitative estimate of drug-likeness (QED) is 0.830. The molecule has 0 unspecified atom stereocenters. The Morgan fingerprint density at radius 3 is 2.55 bits per heavy atom. The standard InChI is InChI=1S/C16H14BrNO2/c1-19-16-7-6-12(9-18)8-14(16)11-20-10-13-4-2-3-5-15(13)17/h2-8H,10-11H2,1H3. The zero-order valence-corrected chi connectivity index (χ0v) is 12.7. The van der Waals surface area contributed by atoms with Crippen molar-refractivity contribution in [3.63, 3.8) is 0 Å². The molecule has 0 radical (unpaired) electrons. The second kappa shape index (κ2) is 7.09. The predicted molar refractivity (Wildman–Crippen MR) is 80.3 cm³/mol. The van der Waals surface area contributed by atoms with Crippen LogP contribution in [-0.2, 0) is 18.0 Å². The van der Waals surface area contributed by atoms with Crippen molar-refractivity contribution in [2.45, 2.75) is 13.2 Å². The maximum absolute atomic E-state index is 8.93.